The zero-order valence-electron chi connectivity index (χ0n) is 14.0. The molecule has 0 atom stereocenters. The van der Waals surface area contributed by atoms with E-state index in [9.17, 15) is 0 Å². The van der Waals surface area contributed by atoms with Gasteiger partial charge in [-0.15, -0.1) is 0 Å². The standard InChI is InChI=1S/C18H22ClN5O/c19-18-2-1-16-17(22-18)9-13(10-20-16)14-11-21-24(12-14)15-3-5-23(6-4-15)7-8-25/h1-2,9-10,12,15,21,25H,3-8,11H2. The predicted octanol–water partition coefficient (Wildman–Crippen LogP) is 1.90. The lowest BCUT2D eigenvalue weighted by Gasteiger charge is -2.36. The van der Waals surface area contributed by atoms with Gasteiger partial charge in [-0.05, 0) is 36.6 Å². The molecule has 2 aromatic heterocycles. The van der Waals surface area contributed by atoms with Crippen molar-refractivity contribution in [1.82, 2.24) is 25.3 Å². The molecule has 4 rings (SSSR count). The van der Waals surface area contributed by atoms with Crippen LogP contribution in [-0.2, 0) is 0 Å². The van der Waals surface area contributed by atoms with Crippen molar-refractivity contribution in [1.29, 1.82) is 0 Å². The van der Waals surface area contributed by atoms with Crippen LogP contribution in [0.5, 0.6) is 0 Å². The number of fused-ring (bicyclic) bond motifs is 1. The number of hydrogen-bond donors (Lipinski definition) is 2. The number of nitrogens with zero attached hydrogens (tertiary/aromatic N) is 4. The predicted molar refractivity (Wildman–Crippen MR) is 98.9 cm³/mol. The number of aliphatic hydroxyl groups is 1. The lowest BCUT2D eigenvalue weighted by molar-refractivity contribution is 0.105. The minimum Gasteiger partial charge on any atom is -0.395 e. The molecule has 4 heterocycles. The molecule has 0 amide bonds. The second-order valence-electron chi connectivity index (χ2n) is 6.59. The summed E-state index contributed by atoms with van der Waals surface area (Å²) >= 11 is 6.00. The highest BCUT2D eigenvalue weighted by molar-refractivity contribution is 6.29. The Balaban J connectivity index is 1.48. The SMILES string of the molecule is OCCN1CCC(N2C=C(c3cnc4ccc(Cl)nc4c3)CN2)CC1. The van der Waals surface area contributed by atoms with Crippen molar-refractivity contribution in [3.05, 3.63) is 41.3 Å². The van der Waals surface area contributed by atoms with Crippen molar-refractivity contribution < 1.29 is 5.11 Å². The normalized spacial score (nSPS) is 19.6. The first-order valence-corrected chi connectivity index (χ1v) is 9.09. The van der Waals surface area contributed by atoms with Crippen LogP contribution in [0.2, 0.25) is 5.15 Å². The Bertz CT molecular complexity index is 788. The monoisotopic (exact) mass is 359 g/mol. The smallest absolute Gasteiger partial charge is 0.129 e. The summed E-state index contributed by atoms with van der Waals surface area (Å²) in [6.45, 7) is 3.88. The third-order valence-corrected chi connectivity index (χ3v) is 5.20. The number of hydrazine groups is 1. The molecule has 1 saturated heterocycles. The van der Waals surface area contributed by atoms with Crippen molar-refractivity contribution >= 4 is 28.2 Å². The maximum atomic E-state index is 9.06. The highest BCUT2D eigenvalue weighted by Crippen LogP contribution is 2.25. The van der Waals surface area contributed by atoms with Gasteiger partial charge in [-0.1, -0.05) is 11.6 Å². The molecular formula is C18H22ClN5O. The second-order valence-corrected chi connectivity index (χ2v) is 6.98. The Kier molecular flexibility index (Phi) is 4.85. The molecule has 2 N–H and O–H groups in total. The average molecular weight is 360 g/mol. The number of β-amino-alcohol motifs (C(OH)–C–C–N with tert-alkyl or cyclic N) is 1. The van der Waals surface area contributed by atoms with Crippen LogP contribution in [0.25, 0.3) is 16.6 Å². The van der Waals surface area contributed by atoms with Gasteiger partial charge in [0.25, 0.3) is 0 Å². The molecular weight excluding hydrogens is 338 g/mol. The second kappa shape index (κ2) is 7.25. The van der Waals surface area contributed by atoms with Gasteiger partial charge in [0.2, 0.25) is 0 Å². The Morgan fingerprint density at radius 3 is 2.88 bits per heavy atom. The topological polar surface area (TPSA) is 64.5 Å². The van der Waals surface area contributed by atoms with Crippen molar-refractivity contribution in [2.75, 3.05) is 32.8 Å². The number of nitrogens with one attached hydrogen (secondary N) is 1. The summed E-state index contributed by atoms with van der Waals surface area (Å²) < 4.78 is 0. The van der Waals surface area contributed by atoms with Crippen molar-refractivity contribution in [3.63, 3.8) is 0 Å². The van der Waals surface area contributed by atoms with Crippen molar-refractivity contribution in [3.8, 4) is 0 Å². The van der Waals surface area contributed by atoms with E-state index in [1.54, 1.807) is 6.07 Å². The fourth-order valence-corrected chi connectivity index (χ4v) is 3.72. The quantitative estimate of drug-likeness (QED) is 0.813. The number of pyridine rings is 2. The van der Waals surface area contributed by atoms with E-state index in [0.29, 0.717) is 11.2 Å². The number of rotatable bonds is 4. The molecule has 0 aromatic carbocycles. The lowest BCUT2D eigenvalue weighted by atomic mass is 10.0. The number of piperidine rings is 1. The van der Waals surface area contributed by atoms with E-state index >= 15 is 0 Å². The first-order chi connectivity index (χ1) is 12.2. The Morgan fingerprint density at radius 1 is 1.24 bits per heavy atom. The van der Waals surface area contributed by atoms with Crippen molar-refractivity contribution in [2.24, 2.45) is 0 Å². The zero-order chi connectivity index (χ0) is 17.2. The van der Waals surface area contributed by atoms with Crippen LogP contribution in [0.4, 0.5) is 0 Å². The van der Waals surface area contributed by atoms with Gasteiger partial charge < -0.3 is 15.0 Å². The summed E-state index contributed by atoms with van der Waals surface area (Å²) in [5, 5.41) is 11.8. The van der Waals surface area contributed by atoms with E-state index in [1.165, 1.54) is 5.57 Å². The molecule has 0 unspecified atom stereocenters. The number of hydrogen-bond acceptors (Lipinski definition) is 6. The highest BCUT2D eigenvalue weighted by Gasteiger charge is 2.26. The van der Waals surface area contributed by atoms with Crippen LogP contribution in [0, 0.1) is 0 Å². The first kappa shape index (κ1) is 16.7. The Labute approximate surface area is 152 Å². The number of aliphatic hydroxyl groups excluding tert-OH is 1. The van der Waals surface area contributed by atoms with E-state index in [2.05, 4.69) is 37.6 Å². The van der Waals surface area contributed by atoms with E-state index in [1.807, 2.05) is 12.3 Å². The summed E-state index contributed by atoms with van der Waals surface area (Å²) in [5.41, 5.74) is 7.45. The lowest BCUT2D eigenvalue weighted by Crippen LogP contribution is -2.46. The van der Waals surface area contributed by atoms with Gasteiger partial charge >= 0.3 is 0 Å². The number of likely N-dealkylation sites (tertiary alicyclic amines) is 1. The van der Waals surface area contributed by atoms with Gasteiger partial charge in [0.15, 0.2) is 0 Å². The van der Waals surface area contributed by atoms with Crippen LogP contribution in [0.3, 0.4) is 0 Å². The fraction of sp³-hybridized carbons (Fsp3) is 0.444. The molecule has 0 bridgehead atoms. The van der Waals surface area contributed by atoms with Crippen LogP contribution >= 0.6 is 11.6 Å². The van der Waals surface area contributed by atoms with Gasteiger partial charge in [-0.2, -0.15) is 0 Å². The summed E-state index contributed by atoms with van der Waals surface area (Å²) in [4.78, 5) is 11.2. The molecule has 25 heavy (non-hydrogen) atoms. The van der Waals surface area contributed by atoms with Crippen LogP contribution in [-0.4, -0.2) is 63.8 Å². The van der Waals surface area contributed by atoms with Gasteiger partial charge in [0, 0.05) is 50.2 Å². The fourth-order valence-electron chi connectivity index (χ4n) is 3.57. The highest BCUT2D eigenvalue weighted by atomic mass is 35.5. The molecule has 2 aliphatic rings. The molecule has 2 aliphatic heterocycles. The van der Waals surface area contributed by atoms with Gasteiger partial charge in [-0.3, -0.25) is 4.98 Å². The zero-order valence-corrected chi connectivity index (χ0v) is 14.8. The van der Waals surface area contributed by atoms with Crippen molar-refractivity contribution in [2.45, 2.75) is 18.9 Å². The van der Waals surface area contributed by atoms with Crippen LogP contribution < -0.4 is 5.43 Å². The number of halogens is 1. The Hall–Kier alpha value is -1.73. The van der Waals surface area contributed by atoms with Gasteiger partial charge in [-0.25, -0.2) is 10.4 Å². The van der Waals surface area contributed by atoms with Crippen LogP contribution in [0.1, 0.15) is 18.4 Å². The Morgan fingerprint density at radius 2 is 2.08 bits per heavy atom. The summed E-state index contributed by atoms with van der Waals surface area (Å²) in [6.07, 6.45) is 6.30. The summed E-state index contributed by atoms with van der Waals surface area (Å²) in [5.74, 6) is 0. The molecule has 0 saturated carbocycles. The first-order valence-electron chi connectivity index (χ1n) is 8.71. The van der Waals surface area contributed by atoms with Gasteiger partial charge in [0.05, 0.1) is 17.6 Å². The van der Waals surface area contributed by atoms with E-state index < -0.39 is 0 Å². The third-order valence-electron chi connectivity index (χ3n) is 4.99. The summed E-state index contributed by atoms with van der Waals surface area (Å²) in [6, 6.07) is 6.20. The van der Waals surface area contributed by atoms with Crippen LogP contribution in [0.15, 0.2) is 30.6 Å². The maximum Gasteiger partial charge on any atom is 0.129 e. The molecule has 6 nitrogen and oxygen atoms in total. The maximum absolute atomic E-state index is 9.06. The number of aromatic nitrogens is 2. The molecule has 0 spiro atoms. The molecule has 0 aliphatic carbocycles. The summed E-state index contributed by atoms with van der Waals surface area (Å²) in [7, 11) is 0. The largest absolute Gasteiger partial charge is 0.395 e. The molecule has 7 heteroatoms. The average Bonchev–Trinajstić information content (AvgIpc) is 3.12. The minimum atomic E-state index is 0.240. The van der Waals surface area contributed by atoms with E-state index in [4.69, 9.17) is 16.7 Å². The molecule has 0 radical (unpaired) electrons. The molecule has 132 valence electrons. The molecule has 2 aromatic rings. The van der Waals surface area contributed by atoms with Gasteiger partial charge in [0.1, 0.15) is 5.15 Å². The molecule has 1 fully saturated rings. The minimum absolute atomic E-state index is 0.240. The third kappa shape index (κ3) is 3.62. The van der Waals surface area contributed by atoms with E-state index in [0.717, 1.165) is 55.6 Å². The van der Waals surface area contributed by atoms with E-state index in [-0.39, 0.29) is 6.61 Å².